The van der Waals surface area contributed by atoms with Crippen LogP contribution in [0.25, 0.3) is 21.9 Å². The zero-order valence-electron chi connectivity index (χ0n) is 15.6. The van der Waals surface area contributed by atoms with E-state index in [9.17, 15) is 5.11 Å². The van der Waals surface area contributed by atoms with Crippen LogP contribution in [-0.4, -0.2) is 5.11 Å². The van der Waals surface area contributed by atoms with Crippen molar-refractivity contribution in [2.45, 2.75) is 25.4 Å². The van der Waals surface area contributed by atoms with Gasteiger partial charge in [-0.2, -0.15) is 0 Å². The molecular formula is C26H22O. The van der Waals surface area contributed by atoms with Crippen LogP contribution in [0.4, 0.5) is 0 Å². The van der Waals surface area contributed by atoms with Crippen molar-refractivity contribution in [1.82, 2.24) is 0 Å². The fraction of sp³-hybridized carbons (Fsp3) is 0.154. The van der Waals surface area contributed by atoms with Gasteiger partial charge in [-0.25, -0.2) is 0 Å². The molecular weight excluding hydrogens is 328 g/mol. The molecule has 5 rings (SSSR count). The molecule has 0 bridgehead atoms. The maximum absolute atomic E-state index is 11.1. The van der Waals surface area contributed by atoms with E-state index in [1.54, 1.807) is 0 Å². The lowest BCUT2D eigenvalue weighted by Gasteiger charge is -2.27. The molecule has 0 atom stereocenters. The molecule has 0 unspecified atom stereocenters. The summed E-state index contributed by atoms with van der Waals surface area (Å²) >= 11 is 0. The predicted molar refractivity (Wildman–Crippen MR) is 112 cm³/mol. The van der Waals surface area contributed by atoms with Gasteiger partial charge < -0.3 is 5.11 Å². The normalized spacial score (nSPS) is 13.6. The number of rotatable bonds is 2. The number of aliphatic hydroxyl groups is 1. The van der Waals surface area contributed by atoms with Gasteiger partial charge in [0, 0.05) is 5.92 Å². The van der Waals surface area contributed by atoms with Gasteiger partial charge in [0.25, 0.3) is 0 Å². The highest BCUT2D eigenvalue weighted by Gasteiger charge is 2.34. The summed E-state index contributed by atoms with van der Waals surface area (Å²) in [6.45, 7) is 3.79. The Balaban J connectivity index is 1.87. The molecule has 0 saturated heterocycles. The lowest BCUT2D eigenvalue weighted by Crippen LogP contribution is -2.20. The van der Waals surface area contributed by atoms with Crippen LogP contribution in [0.15, 0.2) is 84.9 Å². The number of hydrogen-bond donors (Lipinski definition) is 1. The van der Waals surface area contributed by atoms with Crippen LogP contribution in [0.1, 0.15) is 42.0 Å². The Morgan fingerprint density at radius 3 is 1.81 bits per heavy atom. The molecule has 4 aromatic carbocycles. The van der Waals surface area contributed by atoms with Crippen molar-refractivity contribution in [3.05, 3.63) is 107 Å². The number of benzene rings is 4. The minimum Gasteiger partial charge on any atom is -0.386 e. The molecule has 0 spiro atoms. The Hall–Kier alpha value is -2.90. The summed E-state index contributed by atoms with van der Waals surface area (Å²) < 4.78 is 0. The van der Waals surface area contributed by atoms with E-state index < -0.39 is 5.60 Å². The molecule has 0 amide bonds. The third-order valence-electron chi connectivity index (χ3n) is 5.72. The molecule has 4 aromatic rings. The van der Waals surface area contributed by atoms with E-state index in [0.29, 0.717) is 0 Å². The molecule has 1 aliphatic rings. The van der Waals surface area contributed by atoms with Gasteiger partial charge in [-0.15, -0.1) is 0 Å². The molecule has 27 heavy (non-hydrogen) atoms. The Bertz CT molecular complexity index is 1120. The molecule has 1 nitrogen and oxygen atoms in total. The van der Waals surface area contributed by atoms with Crippen LogP contribution in [0, 0.1) is 0 Å². The van der Waals surface area contributed by atoms with Gasteiger partial charge in [-0.05, 0) is 58.0 Å². The summed E-state index contributed by atoms with van der Waals surface area (Å²) in [5, 5.41) is 13.4. The van der Waals surface area contributed by atoms with Crippen molar-refractivity contribution in [2.75, 3.05) is 0 Å². The van der Waals surface area contributed by atoms with Gasteiger partial charge >= 0.3 is 0 Å². The largest absolute Gasteiger partial charge is 0.386 e. The summed E-state index contributed by atoms with van der Waals surface area (Å²) in [5.41, 5.74) is 6.53. The zero-order chi connectivity index (χ0) is 18.6. The summed E-state index contributed by atoms with van der Waals surface area (Å²) in [4.78, 5) is 0. The third-order valence-corrected chi connectivity index (χ3v) is 5.72. The van der Waals surface area contributed by atoms with E-state index in [1.165, 1.54) is 27.8 Å². The van der Waals surface area contributed by atoms with Gasteiger partial charge in [0.15, 0.2) is 0 Å². The summed E-state index contributed by atoms with van der Waals surface area (Å²) in [6, 6.07) is 30.0. The van der Waals surface area contributed by atoms with Crippen LogP contribution < -0.4 is 0 Å². The van der Waals surface area contributed by atoms with E-state index >= 15 is 0 Å². The predicted octanol–water partition coefficient (Wildman–Crippen LogP) is 6.23. The highest BCUT2D eigenvalue weighted by Crippen LogP contribution is 2.50. The van der Waals surface area contributed by atoms with E-state index in [0.717, 1.165) is 16.3 Å². The van der Waals surface area contributed by atoms with Crippen molar-refractivity contribution in [3.8, 4) is 11.1 Å². The van der Waals surface area contributed by atoms with Crippen molar-refractivity contribution < 1.29 is 5.11 Å². The van der Waals surface area contributed by atoms with Crippen molar-refractivity contribution in [3.63, 3.8) is 0 Å². The quantitative estimate of drug-likeness (QED) is 0.400. The van der Waals surface area contributed by atoms with E-state index in [-0.39, 0.29) is 5.92 Å². The molecule has 132 valence electrons. The van der Waals surface area contributed by atoms with Gasteiger partial charge in [0.2, 0.25) is 0 Å². The first kappa shape index (κ1) is 16.3. The molecule has 0 fully saturated rings. The second kappa shape index (κ2) is 5.80. The highest BCUT2D eigenvalue weighted by molar-refractivity contribution is 5.89. The van der Waals surface area contributed by atoms with Crippen LogP contribution in [-0.2, 0) is 5.60 Å². The highest BCUT2D eigenvalue weighted by atomic mass is 16.3. The lowest BCUT2D eigenvalue weighted by molar-refractivity contribution is 0.0792. The van der Waals surface area contributed by atoms with Crippen molar-refractivity contribution in [2.24, 2.45) is 0 Å². The molecule has 0 heterocycles. The molecule has 1 aliphatic carbocycles. The Morgan fingerprint density at radius 2 is 1.19 bits per heavy atom. The average molecular weight is 350 g/mol. The monoisotopic (exact) mass is 350 g/mol. The topological polar surface area (TPSA) is 20.2 Å². The number of fused-ring (bicyclic) bond motifs is 4. The maximum atomic E-state index is 11.1. The summed E-state index contributed by atoms with van der Waals surface area (Å²) in [6.07, 6.45) is 0. The first-order chi connectivity index (χ1) is 13.1. The van der Waals surface area contributed by atoms with Crippen LogP contribution in [0.2, 0.25) is 0 Å². The second-order valence-electron chi connectivity index (χ2n) is 7.92. The van der Waals surface area contributed by atoms with Crippen molar-refractivity contribution in [1.29, 1.82) is 0 Å². The molecule has 0 aliphatic heterocycles. The Labute approximate surface area is 159 Å². The standard InChI is InChI=1S/C26H22O/c1-26(2,27)25-18-10-4-3-9-17(18)15-16-23(25)24-21-13-7-5-11-19(21)20-12-6-8-14-22(20)24/h3-16,24,27H,1-2H3. The smallest absolute Gasteiger partial charge is 0.0849 e. The van der Waals surface area contributed by atoms with E-state index in [1.807, 2.05) is 13.8 Å². The first-order valence-corrected chi connectivity index (χ1v) is 9.48. The SMILES string of the molecule is CC(C)(O)c1c(C2c3ccccc3-c3ccccc32)ccc2ccccc12. The maximum Gasteiger partial charge on any atom is 0.0849 e. The minimum absolute atomic E-state index is 0.142. The van der Waals surface area contributed by atoms with Crippen LogP contribution >= 0.6 is 0 Å². The van der Waals surface area contributed by atoms with Crippen LogP contribution in [0.5, 0.6) is 0 Å². The molecule has 0 saturated carbocycles. The third kappa shape index (κ3) is 2.43. The minimum atomic E-state index is -0.928. The van der Waals surface area contributed by atoms with Gasteiger partial charge in [-0.1, -0.05) is 84.9 Å². The molecule has 1 N–H and O–H groups in total. The van der Waals surface area contributed by atoms with Gasteiger partial charge in [-0.3, -0.25) is 0 Å². The van der Waals surface area contributed by atoms with Gasteiger partial charge in [0.05, 0.1) is 5.60 Å². The van der Waals surface area contributed by atoms with Crippen molar-refractivity contribution >= 4 is 10.8 Å². The Kier molecular flexibility index (Phi) is 3.50. The Morgan fingerprint density at radius 1 is 0.630 bits per heavy atom. The lowest BCUT2D eigenvalue weighted by atomic mass is 9.79. The fourth-order valence-electron chi connectivity index (χ4n) is 4.70. The van der Waals surface area contributed by atoms with E-state index in [4.69, 9.17) is 0 Å². The molecule has 1 heteroatoms. The average Bonchev–Trinajstić information content (AvgIpc) is 3.01. The number of hydrogen-bond acceptors (Lipinski definition) is 1. The zero-order valence-corrected chi connectivity index (χ0v) is 15.6. The summed E-state index contributed by atoms with van der Waals surface area (Å²) in [7, 11) is 0. The van der Waals surface area contributed by atoms with Crippen LogP contribution in [0.3, 0.4) is 0 Å². The van der Waals surface area contributed by atoms with E-state index in [2.05, 4.69) is 84.9 Å². The van der Waals surface area contributed by atoms with Gasteiger partial charge in [0.1, 0.15) is 0 Å². The molecule has 0 aromatic heterocycles. The molecule has 0 radical (unpaired) electrons. The first-order valence-electron chi connectivity index (χ1n) is 9.48. The fourth-order valence-corrected chi connectivity index (χ4v) is 4.70. The second-order valence-corrected chi connectivity index (χ2v) is 7.92. The summed E-state index contributed by atoms with van der Waals surface area (Å²) in [5.74, 6) is 0.142.